The molecule has 2 aromatic carbocycles. The van der Waals surface area contributed by atoms with Crippen LogP contribution >= 0.6 is 0 Å². The van der Waals surface area contributed by atoms with Crippen molar-refractivity contribution in [2.24, 2.45) is 5.92 Å². The maximum absolute atomic E-state index is 12.6. The topological polar surface area (TPSA) is 97.6 Å². The lowest BCUT2D eigenvalue weighted by molar-refractivity contribution is -0.121. The first kappa shape index (κ1) is 20.7. The number of hydrogen-bond acceptors (Lipinski definition) is 7. The van der Waals surface area contributed by atoms with Gasteiger partial charge in [0.15, 0.2) is 0 Å². The van der Waals surface area contributed by atoms with E-state index >= 15 is 0 Å². The molecule has 1 aromatic heterocycles. The number of carbonyl (C=O) groups excluding carboxylic acids is 2. The summed E-state index contributed by atoms with van der Waals surface area (Å²) in [7, 11) is 1.34. The van der Waals surface area contributed by atoms with E-state index in [4.69, 9.17) is 4.52 Å². The average molecular weight is 420 g/mol. The van der Waals surface area contributed by atoms with E-state index in [1.807, 2.05) is 30.3 Å². The summed E-state index contributed by atoms with van der Waals surface area (Å²) < 4.78 is 10.1. The molecular formula is C23H24N4O4. The zero-order valence-corrected chi connectivity index (χ0v) is 17.3. The van der Waals surface area contributed by atoms with E-state index in [0.717, 1.165) is 31.5 Å². The van der Waals surface area contributed by atoms with E-state index in [9.17, 15) is 9.59 Å². The number of ether oxygens (including phenoxy) is 1. The molecule has 8 heteroatoms. The van der Waals surface area contributed by atoms with Gasteiger partial charge in [0, 0.05) is 17.2 Å². The summed E-state index contributed by atoms with van der Waals surface area (Å²) in [5.41, 5.74) is 2.04. The molecule has 0 saturated carbocycles. The molecule has 4 rings (SSSR count). The fraction of sp³-hybridized carbons (Fsp3) is 0.304. The minimum atomic E-state index is -0.401. The number of rotatable bonds is 6. The average Bonchev–Trinajstić information content (AvgIpc) is 3.28. The van der Waals surface area contributed by atoms with Gasteiger partial charge in [-0.1, -0.05) is 35.5 Å². The first-order chi connectivity index (χ1) is 15.1. The third-order valence-corrected chi connectivity index (χ3v) is 5.39. The predicted molar refractivity (Wildman–Crippen MR) is 114 cm³/mol. The number of nitrogens with one attached hydrogen (secondary N) is 1. The van der Waals surface area contributed by atoms with E-state index < -0.39 is 5.97 Å². The minimum absolute atomic E-state index is 0.00498. The second kappa shape index (κ2) is 9.53. The number of amides is 1. The van der Waals surface area contributed by atoms with Gasteiger partial charge in [-0.3, -0.25) is 9.69 Å². The number of hydrogen-bond donors (Lipinski definition) is 1. The highest BCUT2D eigenvalue weighted by Crippen LogP contribution is 2.22. The largest absolute Gasteiger partial charge is 0.465 e. The van der Waals surface area contributed by atoms with Crippen LogP contribution in [-0.2, 0) is 16.1 Å². The first-order valence-corrected chi connectivity index (χ1v) is 10.2. The molecule has 0 bridgehead atoms. The Hall–Kier alpha value is -3.52. The van der Waals surface area contributed by atoms with Crippen LogP contribution in [0.3, 0.4) is 0 Å². The molecule has 1 saturated heterocycles. The van der Waals surface area contributed by atoms with Gasteiger partial charge in [0.05, 0.1) is 19.2 Å². The van der Waals surface area contributed by atoms with Crippen LogP contribution in [0.25, 0.3) is 11.4 Å². The highest BCUT2D eigenvalue weighted by Gasteiger charge is 2.26. The number of esters is 1. The van der Waals surface area contributed by atoms with Crippen LogP contribution in [0.4, 0.5) is 5.69 Å². The second-order valence-electron chi connectivity index (χ2n) is 7.49. The summed E-state index contributed by atoms with van der Waals surface area (Å²) >= 11 is 0. The van der Waals surface area contributed by atoms with Crippen molar-refractivity contribution >= 4 is 17.6 Å². The number of benzene rings is 2. The van der Waals surface area contributed by atoms with Crippen LogP contribution in [0.15, 0.2) is 59.1 Å². The summed E-state index contributed by atoms with van der Waals surface area (Å²) in [6.45, 7) is 2.13. The van der Waals surface area contributed by atoms with Crippen molar-refractivity contribution in [2.45, 2.75) is 19.4 Å². The quantitative estimate of drug-likeness (QED) is 0.611. The van der Waals surface area contributed by atoms with Crippen LogP contribution in [-0.4, -0.2) is 47.1 Å². The van der Waals surface area contributed by atoms with E-state index in [1.54, 1.807) is 24.3 Å². The highest BCUT2D eigenvalue weighted by atomic mass is 16.5. The summed E-state index contributed by atoms with van der Waals surface area (Å²) in [6, 6.07) is 16.4. The first-order valence-electron chi connectivity index (χ1n) is 10.2. The van der Waals surface area contributed by atoms with Crippen molar-refractivity contribution in [1.29, 1.82) is 0 Å². The van der Waals surface area contributed by atoms with Crippen molar-refractivity contribution < 1.29 is 18.8 Å². The van der Waals surface area contributed by atoms with Crippen molar-refractivity contribution in [2.75, 3.05) is 25.5 Å². The number of piperidine rings is 1. The number of methoxy groups -OCH3 is 1. The van der Waals surface area contributed by atoms with Gasteiger partial charge in [-0.25, -0.2) is 4.79 Å². The van der Waals surface area contributed by atoms with Crippen LogP contribution < -0.4 is 5.32 Å². The van der Waals surface area contributed by atoms with Gasteiger partial charge in [-0.2, -0.15) is 4.98 Å². The number of anilines is 1. The van der Waals surface area contributed by atoms with Gasteiger partial charge in [0.25, 0.3) is 0 Å². The Morgan fingerprint density at radius 1 is 1.10 bits per heavy atom. The molecule has 1 aliphatic rings. The van der Waals surface area contributed by atoms with E-state index in [0.29, 0.717) is 29.5 Å². The molecule has 31 heavy (non-hydrogen) atoms. The van der Waals surface area contributed by atoms with Crippen LogP contribution in [0, 0.1) is 5.92 Å². The molecule has 160 valence electrons. The Bertz CT molecular complexity index is 1030. The molecule has 1 fully saturated rings. The Morgan fingerprint density at radius 2 is 1.81 bits per heavy atom. The van der Waals surface area contributed by atoms with Crippen molar-refractivity contribution in [3.05, 3.63) is 66.1 Å². The van der Waals surface area contributed by atoms with Crippen molar-refractivity contribution in [3.63, 3.8) is 0 Å². The van der Waals surface area contributed by atoms with Crippen LogP contribution in [0.1, 0.15) is 29.1 Å². The number of likely N-dealkylation sites (tertiary alicyclic amines) is 1. The lowest BCUT2D eigenvalue weighted by Crippen LogP contribution is -2.37. The SMILES string of the molecule is COC(=O)c1ccc(NC(=O)C2CCN(Cc3nc(-c4ccccc4)no3)CC2)cc1. The maximum Gasteiger partial charge on any atom is 0.337 e. The molecule has 0 aliphatic carbocycles. The van der Waals surface area contributed by atoms with E-state index in [1.165, 1.54) is 7.11 Å². The maximum atomic E-state index is 12.6. The Balaban J connectivity index is 1.26. The third kappa shape index (κ3) is 5.16. The normalized spacial score (nSPS) is 14.9. The lowest BCUT2D eigenvalue weighted by atomic mass is 9.96. The molecule has 3 aromatic rings. The predicted octanol–water partition coefficient (Wildman–Crippen LogP) is 3.37. The molecular weight excluding hydrogens is 396 g/mol. The third-order valence-electron chi connectivity index (χ3n) is 5.39. The second-order valence-corrected chi connectivity index (χ2v) is 7.49. The summed E-state index contributed by atoms with van der Waals surface area (Å²) in [6.07, 6.45) is 1.51. The molecule has 0 atom stereocenters. The van der Waals surface area contributed by atoms with Gasteiger partial charge >= 0.3 is 5.97 Å². The van der Waals surface area contributed by atoms with Gasteiger partial charge in [-0.05, 0) is 50.2 Å². The van der Waals surface area contributed by atoms with Gasteiger partial charge < -0.3 is 14.6 Å². The van der Waals surface area contributed by atoms with Crippen LogP contribution in [0.5, 0.6) is 0 Å². The Kier molecular flexibility index (Phi) is 6.37. The van der Waals surface area contributed by atoms with E-state index in [2.05, 4.69) is 25.1 Å². The summed E-state index contributed by atoms with van der Waals surface area (Å²) in [4.78, 5) is 30.8. The van der Waals surface area contributed by atoms with Gasteiger partial charge in [0.1, 0.15) is 0 Å². The molecule has 0 radical (unpaired) electrons. The van der Waals surface area contributed by atoms with E-state index in [-0.39, 0.29) is 11.8 Å². The summed E-state index contributed by atoms with van der Waals surface area (Å²) in [5, 5.41) is 6.99. The molecule has 1 amide bonds. The monoisotopic (exact) mass is 420 g/mol. The van der Waals surface area contributed by atoms with Crippen molar-refractivity contribution in [1.82, 2.24) is 15.0 Å². The molecule has 1 aliphatic heterocycles. The smallest absolute Gasteiger partial charge is 0.337 e. The number of nitrogens with zero attached hydrogens (tertiary/aromatic N) is 3. The van der Waals surface area contributed by atoms with Gasteiger partial charge in [-0.15, -0.1) is 0 Å². The molecule has 0 unspecified atom stereocenters. The highest BCUT2D eigenvalue weighted by molar-refractivity contribution is 5.94. The lowest BCUT2D eigenvalue weighted by Gasteiger charge is -2.30. The molecule has 1 N–H and O–H groups in total. The van der Waals surface area contributed by atoms with Crippen LogP contribution in [0.2, 0.25) is 0 Å². The van der Waals surface area contributed by atoms with Crippen molar-refractivity contribution in [3.8, 4) is 11.4 Å². The molecule has 0 spiro atoms. The molecule has 8 nitrogen and oxygen atoms in total. The fourth-order valence-corrected chi connectivity index (χ4v) is 3.62. The molecule has 2 heterocycles. The fourth-order valence-electron chi connectivity index (χ4n) is 3.62. The standard InChI is InChI=1S/C23H24N4O4/c1-30-23(29)18-7-9-19(10-8-18)24-22(28)17-11-13-27(14-12-17)15-20-25-21(26-31-20)16-5-3-2-4-6-16/h2-10,17H,11-15H2,1H3,(H,24,28). The minimum Gasteiger partial charge on any atom is -0.465 e. The number of aromatic nitrogens is 2. The Morgan fingerprint density at radius 3 is 2.48 bits per heavy atom. The summed E-state index contributed by atoms with van der Waals surface area (Å²) in [5.74, 6) is 0.701. The Labute approximate surface area is 180 Å². The zero-order valence-electron chi connectivity index (χ0n) is 17.3. The number of carbonyl (C=O) groups is 2. The zero-order chi connectivity index (χ0) is 21.6. The van der Waals surface area contributed by atoms with Gasteiger partial charge in [0.2, 0.25) is 17.6 Å².